The van der Waals surface area contributed by atoms with Gasteiger partial charge in [-0.3, -0.25) is 0 Å². The highest BCUT2D eigenvalue weighted by Crippen LogP contribution is 2.23. The standard InChI is InChI=1S/C30H36N4O5S/c1-21(2)18-34(40(37,38)25-14-15-26-27(17-25)32-22(3)31-26)19-29(35)28(16-23-10-6-4-7-11-23)33-30(36)39-20-24-12-8-5-9-13-24/h4-15,17,21,28-29,35H,16,18-20H2,1-3H3,(H,31,32)(H,33,36). The summed E-state index contributed by atoms with van der Waals surface area (Å²) >= 11 is 0. The highest BCUT2D eigenvalue weighted by molar-refractivity contribution is 7.89. The fourth-order valence-electron chi connectivity index (χ4n) is 4.51. The van der Waals surface area contributed by atoms with Crippen molar-refractivity contribution in [2.24, 2.45) is 5.92 Å². The minimum atomic E-state index is -3.97. The second-order valence-electron chi connectivity index (χ2n) is 10.3. The minimum absolute atomic E-state index is 0.00326. The number of imidazole rings is 1. The predicted octanol–water partition coefficient (Wildman–Crippen LogP) is 4.42. The van der Waals surface area contributed by atoms with Gasteiger partial charge in [-0.05, 0) is 48.6 Å². The van der Waals surface area contributed by atoms with Crippen LogP contribution in [-0.2, 0) is 27.8 Å². The molecule has 0 saturated carbocycles. The van der Waals surface area contributed by atoms with E-state index in [4.69, 9.17) is 4.74 Å². The molecular weight excluding hydrogens is 528 g/mol. The van der Waals surface area contributed by atoms with Crippen LogP contribution in [0.4, 0.5) is 4.79 Å². The lowest BCUT2D eigenvalue weighted by Gasteiger charge is -2.30. The van der Waals surface area contributed by atoms with Gasteiger partial charge in [-0.15, -0.1) is 0 Å². The van der Waals surface area contributed by atoms with Gasteiger partial charge in [0.25, 0.3) is 0 Å². The van der Waals surface area contributed by atoms with Gasteiger partial charge in [0.05, 0.1) is 28.1 Å². The lowest BCUT2D eigenvalue weighted by Crippen LogP contribution is -2.51. The van der Waals surface area contributed by atoms with Gasteiger partial charge in [0, 0.05) is 13.1 Å². The monoisotopic (exact) mass is 564 g/mol. The number of rotatable bonds is 12. The van der Waals surface area contributed by atoms with Crippen LogP contribution < -0.4 is 5.32 Å². The average Bonchev–Trinajstić information content (AvgIpc) is 3.31. The Balaban J connectivity index is 1.55. The predicted molar refractivity (Wildman–Crippen MR) is 154 cm³/mol. The van der Waals surface area contributed by atoms with E-state index in [1.165, 1.54) is 10.4 Å². The Morgan fingerprint density at radius 2 is 1.65 bits per heavy atom. The number of fused-ring (bicyclic) bond motifs is 1. The summed E-state index contributed by atoms with van der Waals surface area (Å²) < 4.78 is 34.2. The molecule has 0 saturated heterocycles. The van der Waals surface area contributed by atoms with Gasteiger partial charge in [0.2, 0.25) is 10.0 Å². The molecule has 1 aromatic heterocycles. The molecule has 10 heteroatoms. The molecule has 0 aliphatic carbocycles. The van der Waals surface area contributed by atoms with Crippen molar-refractivity contribution in [1.29, 1.82) is 0 Å². The largest absolute Gasteiger partial charge is 0.445 e. The molecule has 9 nitrogen and oxygen atoms in total. The molecule has 2 unspecified atom stereocenters. The van der Waals surface area contributed by atoms with Crippen molar-refractivity contribution in [2.45, 2.75) is 50.8 Å². The molecule has 3 N–H and O–H groups in total. The average molecular weight is 565 g/mol. The fourth-order valence-corrected chi connectivity index (χ4v) is 6.16. The van der Waals surface area contributed by atoms with Crippen LogP contribution in [0, 0.1) is 12.8 Å². The van der Waals surface area contributed by atoms with E-state index in [1.54, 1.807) is 19.1 Å². The molecule has 1 amide bonds. The van der Waals surface area contributed by atoms with Gasteiger partial charge in [-0.2, -0.15) is 4.31 Å². The van der Waals surface area contributed by atoms with Gasteiger partial charge >= 0.3 is 6.09 Å². The number of carbonyl (C=O) groups excluding carboxylic acids is 1. The number of ether oxygens (including phenoxy) is 1. The number of aliphatic hydroxyl groups is 1. The first-order valence-electron chi connectivity index (χ1n) is 13.3. The lowest BCUT2D eigenvalue weighted by atomic mass is 10.0. The first-order chi connectivity index (χ1) is 19.1. The number of alkyl carbamates (subject to hydrolysis) is 1. The Morgan fingerprint density at radius 1 is 1.00 bits per heavy atom. The molecule has 1 heterocycles. The van der Waals surface area contributed by atoms with Crippen LogP contribution in [0.25, 0.3) is 11.0 Å². The Bertz CT molecular complexity index is 1510. The van der Waals surface area contributed by atoms with E-state index < -0.39 is 28.3 Å². The number of nitrogens with one attached hydrogen (secondary N) is 2. The topological polar surface area (TPSA) is 125 Å². The first kappa shape index (κ1) is 29.3. The van der Waals surface area contributed by atoms with E-state index in [-0.39, 0.29) is 36.9 Å². The van der Waals surface area contributed by atoms with E-state index >= 15 is 0 Å². The van der Waals surface area contributed by atoms with Crippen LogP contribution in [0.1, 0.15) is 30.8 Å². The molecule has 4 aromatic rings. The molecule has 3 aromatic carbocycles. The summed E-state index contributed by atoms with van der Waals surface area (Å²) in [5.74, 6) is 0.685. The summed E-state index contributed by atoms with van der Waals surface area (Å²) in [6.07, 6.45) is -1.62. The Kier molecular flexibility index (Phi) is 9.57. The van der Waals surface area contributed by atoms with Gasteiger partial charge < -0.3 is 20.1 Å². The molecule has 212 valence electrons. The van der Waals surface area contributed by atoms with Crippen molar-refractivity contribution in [2.75, 3.05) is 13.1 Å². The number of aliphatic hydroxyl groups excluding tert-OH is 1. The minimum Gasteiger partial charge on any atom is -0.445 e. The van der Waals surface area contributed by atoms with E-state index in [0.29, 0.717) is 16.9 Å². The van der Waals surface area contributed by atoms with Gasteiger partial charge in [-0.25, -0.2) is 18.2 Å². The van der Waals surface area contributed by atoms with Crippen LogP contribution in [-0.4, -0.2) is 59.1 Å². The molecule has 4 rings (SSSR count). The van der Waals surface area contributed by atoms with Crippen LogP contribution in [0.5, 0.6) is 0 Å². The third-order valence-corrected chi connectivity index (χ3v) is 8.28. The molecule has 0 fully saturated rings. The van der Waals surface area contributed by atoms with E-state index in [0.717, 1.165) is 11.1 Å². The molecule has 0 bridgehead atoms. The van der Waals surface area contributed by atoms with Crippen LogP contribution in [0.15, 0.2) is 83.8 Å². The molecule has 2 atom stereocenters. The molecule has 0 aliphatic rings. The zero-order valence-corrected chi connectivity index (χ0v) is 23.8. The second-order valence-corrected chi connectivity index (χ2v) is 12.2. The number of benzene rings is 3. The number of aromatic nitrogens is 2. The normalized spacial score (nSPS) is 13.4. The van der Waals surface area contributed by atoms with Crippen LogP contribution in [0.3, 0.4) is 0 Å². The number of nitrogens with zero attached hydrogens (tertiary/aromatic N) is 2. The number of aryl methyl sites for hydroxylation is 1. The fraction of sp³-hybridized carbons (Fsp3) is 0.333. The highest BCUT2D eigenvalue weighted by Gasteiger charge is 2.32. The summed E-state index contributed by atoms with van der Waals surface area (Å²) in [5.41, 5.74) is 3.01. The van der Waals surface area contributed by atoms with Gasteiger partial charge in [0.1, 0.15) is 12.4 Å². The van der Waals surface area contributed by atoms with Crippen molar-refractivity contribution < 1.29 is 23.1 Å². The van der Waals surface area contributed by atoms with E-state index in [1.807, 2.05) is 74.5 Å². The summed E-state index contributed by atoms with van der Waals surface area (Å²) in [6, 6.07) is 22.6. The smallest absolute Gasteiger partial charge is 0.407 e. The van der Waals surface area contributed by atoms with E-state index in [9.17, 15) is 18.3 Å². The van der Waals surface area contributed by atoms with Crippen molar-refractivity contribution in [3.05, 3.63) is 95.8 Å². The maximum absolute atomic E-state index is 13.8. The number of amides is 1. The lowest BCUT2D eigenvalue weighted by molar-refractivity contribution is 0.0873. The van der Waals surface area contributed by atoms with Gasteiger partial charge in [-0.1, -0.05) is 74.5 Å². The summed E-state index contributed by atoms with van der Waals surface area (Å²) in [6.45, 7) is 5.69. The molecular formula is C30H36N4O5S. The third kappa shape index (κ3) is 7.68. The van der Waals surface area contributed by atoms with Crippen LogP contribution >= 0.6 is 0 Å². The van der Waals surface area contributed by atoms with Crippen LogP contribution in [0.2, 0.25) is 0 Å². The molecule has 40 heavy (non-hydrogen) atoms. The Morgan fingerprint density at radius 3 is 2.30 bits per heavy atom. The number of carbonyl (C=O) groups is 1. The van der Waals surface area contributed by atoms with Crippen molar-refractivity contribution in [3.8, 4) is 0 Å². The Hall–Kier alpha value is -3.73. The summed E-state index contributed by atoms with van der Waals surface area (Å²) in [4.78, 5) is 20.3. The maximum Gasteiger partial charge on any atom is 0.407 e. The Labute approximate surface area is 235 Å². The van der Waals surface area contributed by atoms with Crippen molar-refractivity contribution in [3.63, 3.8) is 0 Å². The quantitative estimate of drug-likeness (QED) is 0.234. The third-order valence-electron chi connectivity index (χ3n) is 6.45. The summed E-state index contributed by atoms with van der Waals surface area (Å²) in [7, 11) is -3.97. The molecule has 0 aliphatic heterocycles. The second kappa shape index (κ2) is 13.1. The van der Waals surface area contributed by atoms with Gasteiger partial charge in [0.15, 0.2) is 0 Å². The SMILES string of the molecule is Cc1nc2ccc(S(=O)(=O)N(CC(C)C)CC(O)C(Cc3ccccc3)NC(=O)OCc3ccccc3)cc2[nH]1. The number of H-pyrrole nitrogens is 1. The van der Waals surface area contributed by atoms with Crippen molar-refractivity contribution >= 4 is 27.1 Å². The number of hydrogen-bond donors (Lipinski definition) is 3. The molecule has 0 radical (unpaired) electrons. The number of hydrogen-bond acceptors (Lipinski definition) is 6. The molecule has 0 spiro atoms. The summed E-state index contributed by atoms with van der Waals surface area (Å²) in [5, 5.41) is 14.1. The highest BCUT2D eigenvalue weighted by atomic mass is 32.2. The zero-order valence-electron chi connectivity index (χ0n) is 22.9. The number of aromatic amines is 1. The van der Waals surface area contributed by atoms with E-state index in [2.05, 4.69) is 15.3 Å². The first-order valence-corrected chi connectivity index (χ1v) is 14.7. The number of sulfonamides is 1. The maximum atomic E-state index is 13.8. The van der Waals surface area contributed by atoms with Crippen molar-refractivity contribution in [1.82, 2.24) is 19.6 Å². The zero-order chi connectivity index (χ0) is 28.7.